The van der Waals surface area contributed by atoms with Gasteiger partial charge in [-0.25, -0.2) is 0 Å². The summed E-state index contributed by atoms with van der Waals surface area (Å²) < 4.78 is 10.1. The normalized spacial score (nSPS) is 11.5. The van der Waals surface area contributed by atoms with Gasteiger partial charge in [0.15, 0.2) is 6.61 Å². The van der Waals surface area contributed by atoms with Crippen LogP contribution in [0.4, 0.5) is 0 Å². The largest absolute Gasteiger partial charge is 0.497 e. The van der Waals surface area contributed by atoms with Crippen LogP contribution in [0.25, 0.3) is 0 Å². The van der Waals surface area contributed by atoms with Gasteiger partial charge in [-0.2, -0.15) is 0 Å². The maximum Gasteiger partial charge on any atom is 0.325 e. The van der Waals surface area contributed by atoms with E-state index in [-0.39, 0.29) is 12.6 Å². The standard InChI is InChI=1S/C23H28N2O5/c1-16(2)12-20(17-8-5-4-6-9-17)25-21(26)15-30-22(27)14-24-23(28)18-10-7-11-19(13-18)29-3/h4-11,13,16,20H,12,14-15H2,1-3H3,(H,24,28)(H,25,26)/t20-/m0/s1. The number of carbonyl (C=O) groups is 3. The number of benzene rings is 2. The predicted octanol–water partition coefficient (Wildman–Crippen LogP) is 2.87. The van der Waals surface area contributed by atoms with E-state index >= 15 is 0 Å². The molecule has 0 saturated carbocycles. The quantitative estimate of drug-likeness (QED) is 0.585. The average molecular weight is 412 g/mol. The number of hydrogen-bond donors (Lipinski definition) is 2. The summed E-state index contributed by atoms with van der Waals surface area (Å²) in [5, 5.41) is 5.37. The molecule has 0 saturated heterocycles. The maximum absolute atomic E-state index is 12.3. The number of carbonyl (C=O) groups excluding carboxylic acids is 3. The Balaban J connectivity index is 1.80. The highest BCUT2D eigenvalue weighted by atomic mass is 16.5. The molecule has 0 bridgehead atoms. The molecular weight excluding hydrogens is 384 g/mol. The lowest BCUT2D eigenvalue weighted by molar-refractivity contribution is -0.147. The molecule has 2 aromatic carbocycles. The van der Waals surface area contributed by atoms with E-state index in [0.29, 0.717) is 17.2 Å². The highest BCUT2D eigenvalue weighted by Crippen LogP contribution is 2.20. The molecule has 0 aliphatic rings. The van der Waals surface area contributed by atoms with Gasteiger partial charge in [-0.3, -0.25) is 14.4 Å². The smallest absolute Gasteiger partial charge is 0.325 e. The molecule has 0 fully saturated rings. The SMILES string of the molecule is COc1cccc(C(=O)NCC(=O)OCC(=O)N[C@@H](CC(C)C)c2ccccc2)c1. The number of methoxy groups -OCH3 is 1. The molecule has 2 aromatic rings. The van der Waals surface area contributed by atoms with Gasteiger partial charge in [0.2, 0.25) is 0 Å². The molecule has 0 radical (unpaired) electrons. The molecule has 30 heavy (non-hydrogen) atoms. The number of esters is 1. The van der Waals surface area contributed by atoms with E-state index < -0.39 is 24.4 Å². The Kier molecular flexibility index (Phi) is 8.87. The third-order valence-corrected chi connectivity index (χ3v) is 4.33. The van der Waals surface area contributed by atoms with E-state index in [1.165, 1.54) is 7.11 Å². The zero-order valence-corrected chi connectivity index (χ0v) is 17.5. The number of rotatable bonds is 10. The summed E-state index contributed by atoms with van der Waals surface area (Å²) in [6, 6.07) is 16.1. The molecule has 1 atom stereocenters. The zero-order valence-electron chi connectivity index (χ0n) is 17.5. The van der Waals surface area contributed by atoms with E-state index in [1.807, 2.05) is 30.3 Å². The van der Waals surface area contributed by atoms with Crippen molar-refractivity contribution in [1.29, 1.82) is 0 Å². The van der Waals surface area contributed by atoms with Gasteiger partial charge in [-0.1, -0.05) is 50.2 Å². The first-order valence-electron chi connectivity index (χ1n) is 9.81. The van der Waals surface area contributed by atoms with Crippen LogP contribution < -0.4 is 15.4 Å². The van der Waals surface area contributed by atoms with Crippen LogP contribution in [-0.4, -0.2) is 38.0 Å². The number of ether oxygens (including phenoxy) is 2. The van der Waals surface area contributed by atoms with E-state index in [0.717, 1.165) is 12.0 Å². The Morgan fingerprint density at radius 2 is 1.73 bits per heavy atom. The molecule has 7 nitrogen and oxygen atoms in total. The third kappa shape index (κ3) is 7.58. The maximum atomic E-state index is 12.3. The Bertz CT molecular complexity index is 852. The van der Waals surface area contributed by atoms with Gasteiger partial charge in [-0.05, 0) is 36.1 Å². The highest BCUT2D eigenvalue weighted by Gasteiger charge is 2.17. The van der Waals surface area contributed by atoms with Crippen molar-refractivity contribution in [3.05, 3.63) is 65.7 Å². The molecule has 2 rings (SSSR count). The second kappa shape index (κ2) is 11.6. The van der Waals surface area contributed by atoms with Gasteiger partial charge in [0.1, 0.15) is 12.3 Å². The monoisotopic (exact) mass is 412 g/mol. The van der Waals surface area contributed by atoms with Gasteiger partial charge in [-0.15, -0.1) is 0 Å². The van der Waals surface area contributed by atoms with E-state index in [1.54, 1.807) is 24.3 Å². The topological polar surface area (TPSA) is 93.7 Å². The van der Waals surface area contributed by atoms with Crippen LogP contribution in [0.5, 0.6) is 5.75 Å². The zero-order chi connectivity index (χ0) is 21.9. The van der Waals surface area contributed by atoms with Gasteiger partial charge in [0, 0.05) is 5.56 Å². The Morgan fingerprint density at radius 1 is 1.00 bits per heavy atom. The lowest BCUT2D eigenvalue weighted by atomic mass is 9.97. The van der Waals surface area contributed by atoms with E-state index in [9.17, 15) is 14.4 Å². The van der Waals surface area contributed by atoms with Crippen LogP contribution in [-0.2, 0) is 14.3 Å². The second-order valence-corrected chi connectivity index (χ2v) is 7.24. The van der Waals surface area contributed by atoms with Crippen molar-refractivity contribution >= 4 is 17.8 Å². The summed E-state index contributed by atoms with van der Waals surface area (Å²) in [6.07, 6.45) is 0.764. The fourth-order valence-corrected chi connectivity index (χ4v) is 2.89. The van der Waals surface area contributed by atoms with Crippen molar-refractivity contribution in [3.8, 4) is 5.75 Å². The first-order chi connectivity index (χ1) is 14.4. The Hall–Kier alpha value is -3.35. The lowest BCUT2D eigenvalue weighted by Gasteiger charge is -2.21. The van der Waals surface area contributed by atoms with Gasteiger partial charge >= 0.3 is 5.97 Å². The summed E-state index contributed by atoms with van der Waals surface area (Å²) >= 11 is 0. The molecule has 7 heteroatoms. The molecule has 2 N–H and O–H groups in total. The van der Waals surface area contributed by atoms with Crippen molar-refractivity contribution in [2.75, 3.05) is 20.3 Å². The summed E-state index contributed by atoms with van der Waals surface area (Å²) in [5.41, 5.74) is 1.36. The Morgan fingerprint density at radius 3 is 2.40 bits per heavy atom. The highest BCUT2D eigenvalue weighted by molar-refractivity contribution is 5.96. The molecule has 160 valence electrons. The van der Waals surface area contributed by atoms with Gasteiger partial charge in [0.25, 0.3) is 11.8 Å². The van der Waals surface area contributed by atoms with Crippen molar-refractivity contribution in [3.63, 3.8) is 0 Å². The second-order valence-electron chi connectivity index (χ2n) is 7.24. The summed E-state index contributed by atoms with van der Waals surface area (Å²) in [5.74, 6) is -0.601. The van der Waals surface area contributed by atoms with Crippen molar-refractivity contribution in [2.45, 2.75) is 26.3 Å². The molecule has 2 amide bonds. The Labute approximate surface area is 176 Å². The van der Waals surface area contributed by atoms with Crippen molar-refractivity contribution in [1.82, 2.24) is 10.6 Å². The first-order valence-corrected chi connectivity index (χ1v) is 9.81. The van der Waals surface area contributed by atoms with Gasteiger partial charge < -0.3 is 20.1 Å². The van der Waals surface area contributed by atoms with Crippen LogP contribution >= 0.6 is 0 Å². The van der Waals surface area contributed by atoms with Crippen LogP contribution in [0, 0.1) is 5.92 Å². The lowest BCUT2D eigenvalue weighted by Crippen LogP contribution is -2.35. The average Bonchev–Trinajstić information content (AvgIpc) is 2.75. The first kappa shape index (κ1) is 22.9. The van der Waals surface area contributed by atoms with Crippen LogP contribution in [0.3, 0.4) is 0 Å². The fraction of sp³-hybridized carbons (Fsp3) is 0.348. The molecule has 0 aliphatic heterocycles. The summed E-state index contributed by atoms with van der Waals surface area (Å²) in [6.45, 7) is 3.41. The number of nitrogens with one attached hydrogen (secondary N) is 2. The molecule has 0 heterocycles. The minimum Gasteiger partial charge on any atom is -0.497 e. The van der Waals surface area contributed by atoms with E-state index in [2.05, 4.69) is 24.5 Å². The minimum absolute atomic E-state index is 0.162. The summed E-state index contributed by atoms with van der Waals surface area (Å²) in [7, 11) is 1.50. The van der Waals surface area contributed by atoms with E-state index in [4.69, 9.17) is 9.47 Å². The predicted molar refractivity (Wildman–Crippen MR) is 113 cm³/mol. The number of amides is 2. The van der Waals surface area contributed by atoms with Crippen LogP contribution in [0.2, 0.25) is 0 Å². The number of hydrogen-bond acceptors (Lipinski definition) is 5. The minimum atomic E-state index is -0.693. The third-order valence-electron chi connectivity index (χ3n) is 4.33. The summed E-state index contributed by atoms with van der Waals surface area (Å²) in [4.78, 5) is 36.3. The molecule has 0 aromatic heterocycles. The van der Waals surface area contributed by atoms with Crippen molar-refractivity contribution in [2.24, 2.45) is 5.92 Å². The van der Waals surface area contributed by atoms with Gasteiger partial charge in [0.05, 0.1) is 13.2 Å². The van der Waals surface area contributed by atoms with Crippen LogP contribution in [0.15, 0.2) is 54.6 Å². The molecule has 0 unspecified atom stereocenters. The van der Waals surface area contributed by atoms with Crippen LogP contribution in [0.1, 0.15) is 42.2 Å². The molecular formula is C23H28N2O5. The van der Waals surface area contributed by atoms with Crippen molar-refractivity contribution < 1.29 is 23.9 Å². The molecule has 0 spiro atoms. The fourth-order valence-electron chi connectivity index (χ4n) is 2.89. The molecule has 0 aliphatic carbocycles.